The van der Waals surface area contributed by atoms with Crippen molar-refractivity contribution in [2.45, 2.75) is 12.5 Å². The van der Waals surface area contributed by atoms with Crippen LogP contribution in [0.5, 0.6) is 0 Å². The van der Waals surface area contributed by atoms with E-state index in [-0.39, 0.29) is 12.5 Å². The number of nitrogens with zero attached hydrogens (tertiary/aromatic N) is 2. The van der Waals surface area contributed by atoms with Gasteiger partial charge in [-0.2, -0.15) is 0 Å². The van der Waals surface area contributed by atoms with Gasteiger partial charge in [0.15, 0.2) is 5.58 Å². The molecule has 0 bridgehead atoms. The number of anilines is 1. The number of carbonyl (C=O) groups excluding carboxylic acids is 2. The average molecular weight is 523 g/mol. The molecule has 5 rings (SSSR count). The molecule has 3 heterocycles. The van der Waals surface area contributed by atoms with Crippen LogP contribution in [-0.2, 0) is 11.3 Å². The van der Waals surface area contributed by atoms with E-state index in [0.29, 0.717) is 27.7 Å². The van der Waals surface area contributed by atoms with Crippen LogP contribution in [0.4, 0.5) is 14.6 Å². The van der Waals surface area contributed by atoms with Gasteiger partial charge >= 0.3 is 0 Å². The summed E-state index contributed by atoms with van der Waals surface area (Å²) in [6.45, 7) is -0.950. The number of nitrogen functional groups attached to an aromatic ring is 1. The van der Waals surface area contributed by atoms with Gasteiger partial charge in [-0.15, -0.1) is 0 Å². The summed E-state index contributed by atoms with van der Waals surface area (Å²) in [5.74, 6) is -2.61. The van der Waals surface area contributed by atoms with Crippen LogP contribution in [0.2, 0.25) is 5.02 Å². The van der Waals surface area contributed by atoms with Crippen molar-refractivity contribution in [3.05, 3.63) is 88.8 Å². The number of fused-ring (bicyclic) bond motifs is 1. The molecular weight excluding hydrogens is 502 g/mol. The van der Waals surface area contributed by atoms with Gasteiger partial charge in [0.1, 0.15) is 11.6 Å². The Morgan fingerprint density at radius 2 is 1.86 bits per heavy atom. The molecule has 3 N–H and O–H groups in total. The molecule has 188 valence electrons. The molecule has 2 aromatic heterocycles. The zero-order valence-corrected chi connectivity index (χ0v) is 20.1. The van der Waals surface area contributed by atoms with Gasteiger partial charge in [-0.05, 0) is 65.2 Å². The van der Waals surface area contributed by atoms with Crippen molar-refractivity contribution in [3.63, 3.8) is 0 Å². The molecule has 1 saturated heterocycles. The molecule has 0 aliphatic carbocycles. The van der Waals surface area contributed by atoms with Crippen LogP contribution in [0, 0.1) is 0 Å². The van der Waals surface area contributed by atoms with E-state index < -0.39 is 24.9 Å². The Balaban J connectivity index is 1.25. The lowest BCUT2D eigenvalue weighted by Gasteiger charge is -2.38. The summed E-state index contributed by atoms with van der Waals surface area (Å²) in [7, 11) is 0. The number of halogens is 3. The molecule has 2 amide bonds. The quantitative estimate of drug-likeness (QED) is 0.341. The summed E-state index contributed by atoms with van der Waals surface area (Å²) in [5.41, 5.74) is 8.72. The van der Waals surface area contributed by atoms with Gasteiger partial charge in [-0.1, -0.05) is 23.7 Å². The minimum absolute atomic E-state index is 0.163. The number of furan rings is 1. The van der Waals surface area contributed by atoms with Crippen molar-refractivity contribution in [1.82, 2.24) is 15.2 Å². The summed E-state index contributed by atoms with van der Waals surface area (Å²) in [4.78, 5) is 29.6. The molecular formula is C27H21ClF2N4O3. The molecule has 1 fully saturated rings. The normalized spacial score (nSPS) is 14.6. The number of rotatable bonds is 6. The van der Waals surface area contributed by atoms with Crippen molar-refractivity contribution >= 4 is 46.3 Å². The van der Waals surface area contributed by atoms with Crippen molar-refractivity contribution in [1.29, 1.82) is 0 Å². The van der Waals surface area contributed by atoms with E-state index >= 15 is 0 Å². The Bertz CT molecular complexity index is 1510. The van der Waals surface area contributed by atoms with Crippen molar-refractivity contribution < 1.29 is 22.8 Å². The summed E-state index contributed by atoms with van der Waals surface area (Å²) >= 11 is 6.45. The first-order chi connectivity index (χ1) is 17.7. The third-order valence-corrected chi connectivity index (χ3v) is 6.17. The molecule has 1 aliphatic heterocycles. The highest BCUT2D eigenvalue weighted by Gasteiger charge is 2.46. The second-order valence-corrected chi connectivity index (χ2v) is 9.16. The number of likely N-dealkylation sites (tertiary alicyclic amines) is 1. The Kier molecular flexibility index (Phi) is 6.39. The van der Waals surface area contributed by atoms with Gasteiger partial charge < -0.3 is 20.4 Å². The first kappa shape index (κ1) is 24.5. The number of nitrogens with two attached hydrogens (primary N) is 1. The molecule has 0 saturated carbocycles. The van der Waals surface area contributed by atoms with Crippen LogP contribution in [0.25, 0.3) is 28.2 Å². The maximum Gasteiger partial charge on any atom is 0.282 e. The first-order valence-electron chi connectivity index (χ1n) is 11.3. The fourth-order valence-corrected chi connectivity index (χ4v) is 4.25. The van der Waals surface area contributed by atoms with Gasteiger partial charge in [-0.3, -0.25) is 9.59 Å². The number of nitrogens with one attached hydrogen (secondary N) is 1. The molecule has 0 atom stereocenters. The number of alkyl halides is 2. The minimum atomic E-state index is -2.81. The molecule has 7 nitrogen and oxygen atoms in total. The fraction of sp³-hybridized carbons (Fsp3) is 0.148. The van der Waals surface area contributed by atoms with Gasteiger partial charge in [0.2, 0.25) is 5.91 Å². The number of pyridine rings is 1. The van der Waals surface area contributed by atoms with E-state index in [1.54, 1.807) is 60.8 Å². The third-order valence-electron chi connectivity index (χ3n) is 5.89. The third kappa shape index (κ3) is 5.46. The molecule has 0 radical (unpaired) electrons. The highest BCUT2D eigenvalue weighted by atomic mass is 35.5. The molecule has 10 heteroatoms. The topological polar surface area (TPSA) is 101 Å². The molecule has 37 heavy (non-hydrogen) atoms. The smallest absolute Gasteiger partial charge is 0.282 e. The lowest BCUT2D eigenvalue weighted by atomic mass is 10.0. The molecule has 4 aromatic rings. The van der Waals surface area contributed by atoms with Gasteiger partial charge in [0, 0.05) is 23.2 Å². The summed E-state index contributed by atoms with van der Waals surface area (Å²) < 4.78 is 32.0. The van der Waals surface area contributed by atoms with Crippen molar-refractivity contribution in [3.8, 4) is 11.1 Å². The van der Waals surface area contributed by atoms with Crippen LogP contribution in [-0.4, -0.2) is 40.7 Å². The maximum atomic E-state index is 13.1. The monoisotopic (exact) mass is 522 g/mol. The van der Waals surface area contributed by atoms with E-state index in [0.717, 1.165) is 27.0 Å². The van der Waals surface area contributed by atoms with Gasteiger partial charge in [0.05, 0.1) is 24.7 Å². The second-order valence-electron chi connectivity index (χ2n) is 8.75. The highest BCUT2D eigenvalue weighted by molar-refractivity contribution is 6.35. The number of benzene rings is 2. The predicted molar refractivity (Wildman–Crippen MR) is 137 cm³/mol. The summed E-state index contributed by atoms with van der Waals surface area (Å²) in [6, 6.07) is 15.5. The van der Waals surface area contributed by atoms with E-state index in [9.17, 15) is 18.4 Å². The lowest BCUT2D eigenvalue weighted by Crippen LogP contribution is -2.58. The second kappa shape index (κ2) is 9.67. The Labute approximate surface area is 215 Å². The van der Waals surface area contributed by atoms with Crippen molar-refractivity contribution in [2.24, 2.45) is 0 Å². The largest absolute Gasteiger partial charge is 0.458 e. The molecule has 2 aromatic carbocycles. The summed E-state index contributed by atoms with van der Waals surface area (Å²) in [5, 5.41) is 3.90. The number of amides is 2. The fourth-order valence-electron chi connectivity index (χ4n) is 3.98. The van der Waals surface area contributed by atoms with E-state index in [1.807, 2.05) is 6.07 Å². The van der Waals surface area contributed by atoms with E-state index in [1.165, 1.54) is 6.08 Å². The molecule has 1 aliphatic rings. The van der Waals surface area contributed by atoms with Crippen LogP contribution in [0.15, 0.2) is 71.3 Å². The predicted octanol–water partition coefficient (Wildman–Crippen LogP) is 5.15. The highest BCUT2D eigenvalue weighted by Crippen LogP contribution is 2.33. The standard InChI is InChI=1S/C27H21ClF2N4O3/c28-22-11-19(17-3-5-18(6-4-17)26(36)34-14-27(29,30)15-34)9-20-10-21(37-25(20)22)13-33-24(35)8-2-16-1-7-23(31)32-12-16/h1-12H,13-15H2,(H2,31,32)(H,33,35). The van der Waals surface area contributed by atoms with Crippen molar-refractivity contribution in [2.75, 3.05) is 18.8 Å². The minimum Gasteiger partial charge on any atom is -0.458 e. The maximum absolute atomic E-state index is 13.1. The Hall–Kier alpha value is -4.24. The SMILES string of the molecule is Nc1ccc(C=CC(=O)NCc2cc3cc(-c4ccc(C(=O)N5CC(F)(F)C5)cc4)cc(Cl)c3o2)cn1. The Morgan fingerprint density at radius 1 is 1.11 bits per heavy atom. The number of hydrogen-bond acceptors (Lipinski definition) is 5. The number of carbonyl (C=O) groups is 2. The molecule has 0 unspecified atom stereocenters. The van der Waals surface area contributed by atoms with E-state index in [4.69, 9.17) is 21.8 Å². The summed E-state index contributed by atoms with van der Waals surface area (Å²) in [6.07, 6.45) is 4.58. The van der Waals surface area contributed by atoms with Crippen LogP contribution in [0.3, 0.4) is 0 Å². The van der Waals surface area contributed by atoms with Gasteiger partial charge in [-0.25, -0.2) is 13.8 Å². The zero-order chi connectivity index (χ0) is 26.2. The zero-order valence-electron chi connectivity index (χ0n) is 19.4. The van der Waals surface area contributed by atoms with Crippen LogP contribution in [0.1, 0.15) is 21.7 Å². The van der Waals surface area contributed by atoms with Crippen LogP contribution < -0.4 is 11.1 Å². The van der Waals surface area contributed by atoms with E-state index in [2.05, 4.69) is 10.3 Å². The lowest BCUT2D eigenvalue weighted by molar-refractivity contribution is -0.116. The first-order valence-corrected chi connectivity index (χ1v) is 11.7. The van der Waals surface area contributed by atoms with Crippen LogP contribution >= 0.6 is 11.6 Å². The number of aromatic nitrogens is 1. The van der Waals surface area contributed by atoms with Gasteiger partial charge in [0.25, 0.3) is 11.8 Å². The number of hydrogen-bond donors (Lipinski definition) is 2. The molecule has 0 spiro atoms. The average Bonchev–Trinajstić information content (AvgIpc) is 3.29. The Morgan fingerprint density at radius 3 is 2.54 bits per heavy atom.